The first kappa shape index (κ1) is 15.1. The van der Waals surface area contributed by atoms with E-state index in [1.165, 1.54) is 0 Å². The van der Waals surface area contributed by atoms with Crippen LogP contribution in [0.2, 0.25) is 0 Å². The number of nitrogens with zero attached hydrogens (tertiary/aromatic N) is 2. The zero-order chi connectivity index (χ0) is 16.5. The highest BCUT2D eigenvalue weighted by atomic mass is 32.1. The molecule has 1 fully saturated rings. The monoisotopic (exact) mass is 340 g/mol. The van der Waals surface area contributed by atoms with Gasteiger partial charge in [-0.3, -0.25) is 4.79 Å². The number of hydrogen-bond donors (Lipinski definition) is 0. The molecule has 1 unspecified atom stereocenters. The molecule has 122 valence electrons. The van der Waals surface area contributed by atoms with Crippen LogP contribution in [0, 0.1) is 0 Å². The first-order valence-electron chi connectivity index (χ1n) is 7.64. The number of rotatable bonds is 4. The molecule has 1 aromatic heterocycles. The molecule has 0 bridgehead atoms. The number of aromatic nitrogens is 1. The van der Waals surface area contributed by atoms with Crippen LogP contribution in [-0.2, 0) is 16.1 Å². The number of para-hydroxylation sites is 1. The Morgan fingerprint density at radius 1 is 1.29 bits per heavy atom. The number of likely N-dealkylation sites (N-methyl/N-ethyl adjacent to an activating group) is 1. The Bertz CT molecular complexity index is 860. The average Bonchev–Trinajstić information content (AvgIpc) is 3.17. The second-order valence-electron chi connectivity index (χ2n) is 5.65. The fourth-order valence-electron chi connectivity index (χ4n) is 2.65. The Balaban J connectivity index is 1.49. The number of fused-ring (bicyclic) bond motifs is 1. The van der Waals surface area contributed by atoms with Crippen molar-refractivity contribution in [3.63, 3.8) is 0 Å². The summed E-state index contributed by atoms with van der Waals surface area (Å²) in [7, 11) is 1.73. The molecule has 1 atom stereocenters. The minimum Gasteiger partial charge on any atom is -0.486 e. The Morgan fingerprint density at radius 3 is 2.96 bits per heavy atom. The lowest BCUT2D eigenvalue weighted by atomic mass is 10.1. The normalized spacial score (nSPS) is 17.6. The van der Waals surface area contributed by atoms with Gasteiger partial charge in [-0.1, -0.05) is 24.3 Å². The molecule has 0 spiro atoms. The van der Waals surface area contributed by atoms with E-state index >= 15 is 0 Å². The van der Waals surface area contributed by atoms with E-state index < -0.39 is 6.10 Å². The Kier molecular flexibility index (Phi) is 3.92. The van der Waals surface area contributed by atoms with E-state index in [0.717, 1.165) is 20.8 Å². The van der Waals surface area contributed by atoms with Gasteiger partial charge in [-0.25, -0.2) is 4.98 Å². The third-order valence-corrected chi connectivity index (χ3v) is 4.91. The van der Waals surface area contributed by atoms with Crippen molar-refractivity contribution in [3.05, 3.63) is 59.1 Å². The largest absolute Gasteiger partial charge is 0.486 e. The molecule has 2 aromatic carbocycles. The molecule has 0 saturated carbocycles. The van der Waals surface area contributed by atoms with Crippen LogP contribution < -0.4 is 4.74 Å². The second kappa shape index (κ2) is 6.22. The molecule has 0 N–H and O–H groups in total. The number of ether oxygens (including phenoxy) is 2. The second-order valence-corrected chi connectivity index (χ2v) is 6.76. The van der Waals surface area contributed by atoms with Crippen LogP contribution in [-0.4, -0.2) is 29.6 Å². The number of amides is 1. The summed E-state index contributed by atoms with van der Waals surface area (Å²) >= 11 is 1.63. The molecule has 5 nitrogen and oxygen atoms in total. The number of hydrogen-bond acceptors (Lipinski definition) is 5. The molecule has 1 aliphatic rings. The molecular weight excluding hydrogens is 324 g/mol. The van der Waals surface area contributed by atoms with Gasteiger partial charge in [-0.05, 0) is 29.8 Å². The maximum atomic E-state index is 12.0. The highest BCUT2D eigenvalue weighted by molar-refractivity contribution is 7.18. The van der Waals surface area contributed by atoms with Crippen molar-refractivity contribution in [1.82, 2.24) is 9.88 Å². The van der Waals surface area contributed by atoms with Gasteiger partial charge in [-0.2, -0.15) is 0 Å². The minimum atomic E-state index is -0.541. The summed E-state index contributed by atoms with van der Waals surface area (Å²) in [5.41, 5.74) is 1.80. The molecule has 1 aliphatic heterocycles. The SMILES string of the molecule is CN1COC(c2cccc(OCc3nc4ccccc4s3)c2)C1=O. The van der Waals surface area contributed by atoms with Crippen LogP contribution in [0.4, 0.5) is 0 Å². The standard InChI is InChI=1S/C18H16N2O3S/c1-20-11-23-17(18(20)21)12-5-4-6-13(9-12)22-10-16-19-14-7-2-3-8-15(14)24-16/h2-9,17H,10-11H2,1H3. The molecule has 1 amide bonds. The Morgan fingerprint density at radius 2 is 2.17 bits per heavy atom. The smallest absolute Gasteiger partial charge is 0.257 e. The highest BCUT2D eigenvalue weighted by Gasteiger charge is 2.31. The van der Waals surface area contributed by atoms with Crippen molar-refractivity contribution in [2.75, 3.05) is 13.8 Å². The quantitative estimate of drug-likeness (QED) is 0.731. The van der Waals surface area contributed by atoms with E-state index in [1.54, 1.807) is 23.3 Å². The zero-order valence-electron chi connectivity index (χ0n) is 13.1. The van der Waals surface area contributed by atoms with E-state index in [0.29, 0.717) is 19.1 Å². The third-order valence-electron chi connectivity index (χ3n) is 3.90. The van der Waals surface area contributed by atoms with Gasteiger partial charge in [0.05, 0.1) is 10.2 Å². The van der Waals surface area contributed by atoms with E-state index in [2.05, 4.69) is 11.1 Å². The first-order valence-corrected chi connectivity index (χ1v) is 8.46. The Hall–Kier alpha value is -2.44. The molecule has 4 rings (SSSR count). The van der Waals surface area contributed by atoms with Crippen LogP contribution >= 0.6 is 11.3 Å². The van der Waals surface area contributed by atoms with Crippen molar-refractivity contribution < 1.29 is 14.3 Å². The lowest BCUT2D eigenvalue weighted by Gasteiger charge is -2.10. The van der Waals surface area contributed by atoms with E-state index in [1.807, 2.05) is 42.5 Å². The molecule has 6 heteroatoms. The summed E-state index contributed by atoms with van der Waals surface area (Å²) in [6, 6.07) is 15.5. The fourth-order valence-corrected chi connectivity index (χ4v) is 3.53. The van der Waals surface area contributed by atoms with Crippen LogP contribution in [0.1, 0.15) is 16.7 Å². The molecule has 3 aromatic rings. The van der Waals surface area contributed by atoms with Gasteiger partial charge in [0.25, 0.3) is 5.91 Å². The molecule has 0 aliphatic carbocycles. The van der Waals surface area contributed by atoms with Gasteiger partial charge >= 0.3 is 0 Å². The summed E-state index contributed by atoms with van der Waals surface area (Å²) < 4.78 is 12.5. The predicted octanol–water partition coefficient (Wildman–Crippen LogP) is 3.36. The highest BCUT2D eigenvalue weighted by Crippen LogP contribution is 2.28. The first-order chi connectivity index (χ1) is 11.7. The van der Waals surface area contributed by atoms with E-state index in [4.69, 9.17) is 9.47 Å². The van der Waals surface area contributed by atoms with Crippen molar-refractivity contribution in [2.24, 2.45) is 0 Å². The maximum Gasteiger partial charge on any atom is 0.257 e. The summed E-state index contributed by atoms with van der Waals surface area (Å²) in [5, 5.41) is 0.925. The fraction of sp³-hybridized carbons (Fsp3) is 0.222. The number of benzene rings is 2. The summed E-state index contributed by atoms with van der Waals surface area (Å²) in [6.07, 6.45) is -0.541. The summed E-state index contributed by atoms with van der Waals surface area (Å²) in [5.74, 6) is 0.677. The van der Waals surface area contributed by atoms with Gasteiger partial charge in [-0.15, -0.1) is 11.3 Å². The lowest BCUT2D eigenvalue weighted by Crippen LogP contribution is -2.21. The molecule has 1 saturated heterocycles. The number of carbonyl (C=O) groups excluding carboxylic acids is 1. The van der Waals surface area contributed by atoms with E-state index in [9.17, 15) is 4.79 Å². The van der Waals surface area contributed by atoms with Crippen molar-refractivity contribution >= 4 is 27.5 Å². The van der Waals surface area contributed by atoms with E-state index in [-0.39, 0.29) is 5.91 Å². The topological polar surface area (TPSA) is 51.7 Å². The molecule has 24 heavy (non-hydrogen) atoms. The van der Waals surface area contributed by atoms with Crippen molar-refractivity contribution in [1.29, 1.82) is 0 Å². The van der Waals surface area contributed by atoms with Crippen molar-refractivity contribution in [3.8, 4) is 5.75 Å². The summed E-state index contributed by atoms with van der Waals surface area (Å²) in [4.78, 5) is 18.2. The van der Waals surface area contributed by atoms with Gasteiger partial charge in [0.15, 0.2) is 6.10 Å². The van der Waals surface area contributed by atoms with Crippen molar-refractivity contribution in [2.45, 2.75) is 12.7 Å². The number of carbonyl (C=O) groups is 1. The van der Waals surface area contributed by atoms with Gasteiger partial charge in [0, 0.05) is 7.05 Å². The minimum absolute atomic E-state index is 0.0293. The number of thiazole rings is 1. The zero-order valence-corrected chi connectivity index (χ0v) is 14.0. The average molecular weight is 340 g/mol. The third kappa shape index (κ3) is 2.86. The van der Waals surface area contributed by atoms with Gasteiger partial charge in [0.2, 0.25) is 0 Å². The Labute approximate surface area is 143 Å². The summed E-state index contributed by atoms with van der Waals surface area (Å²) in [6.45, 7) is 0.725. The molecule has 2 heterocycles. The molecule has 0 radical (unpaired) electrons. The van der Waals surface area contributed by atoms with Crippen LogP contribution in [0.3, 0.4) is 0 Å². The lowest BCUT2D eigenvalue weighted by molar-refractivity contribution is -0.129. The van der Waals surface area contributed by atoms with Gasteiger partial charge < -0.3 is 14.4 Å². The molecular formula is C18H16N2O3S. The van der Waals surface area contributed by atoms with Crippen LogP contribution in [0.25, 0.3) is 10.2 Å². The van der Waals surface area contributed by atoms with Gasteiger partial charge in [0.1, 0.15) is 24.1 Å². The maximum absolute atomic E-state index is 12.0. The van der Waals surface area contributed by atoms with Crippen LogP contribution in [0.5, 0.6) is 5.75 Å². The van der Waals surface area contributed by atoms with Crippen LogP contribution in [0.15, 0.2) is 48.5 Å². The predicted molar refractivity (Wildman–Crippen MR) is 91.9 cm³/mol.